The first-order chi connectivity index (χ1) is 5.61. The first-order valence-electron chi connectivity index (χ1n) is 3.12. The van der Waals surface area contributed by atoms with Gasteiger partial charge in [-0.3, -0.25) is 4.79 Å². The van der Waals surface area contributed by atoms with E-state index in [0.29, 0.717) is 10.7 Å². The molecule has 1 rings (SSSR count). The summed E-state index contributed by atoms with van der Waals surface area (Å²) in [6, 6.07) is 3.21. The Morgan fingerprint density at radius 2 is 2.17 bits per heavy atom. The van der Waals surface area contributed by atoms with Crippen LogP contribution in [0.4, 0.5) is 0 Å². The van der Waals surface area contributed by atoms with Crippen molar-refractivity contribution < 1.29 is 4.79 Å². The second-order valence-electron chi connectivity index (χ2n) is 2.12. The number of hydrogen-bond donors (Lipinski definition) is 0. The third-order valence-electron chi connectivity index (χ3n) is 1.31. The normalized spacial score (nSPS) is 9.50. The highest BCUT2D eigenvalue weighted by molar-refractivity contribution is 6.74. The van der Waals surface area contributed by atoms with Crippen LogP contribution < -0.4 is 0 Å². The monoisotopic (exact) mass is 201 g/mol. The zero-order valence-electron chi connectivity index (χ0n) is 6.05. The highest BCUT2D eigenvalue weighted by Gasteiger charge is 2.05. The molecule has 0 unspecified atom stereocenters. The smallest absolute Gasteiger partial charge is 0.252 e. The summed E-state index contributed by atoms with van der Waals surface area (Å²) in [5.74, 6) is 0. The summed E-state index contributed by atoms with van der Waals surface area (Å²) >= 11 is 10.7. The van der Waals surface area contributed by atoms with E-state index in [4.69, 9.17) is 23.2 Å². The zero-order valence-corrected chi connectivity index (χ0v) is 7.56. The van der Waals surface area contributed by atoms with Gasteiger partial charge in [0, 0.05) is 17.3 Å². The van der Waals surface area contributed by atoms with Gasteiger partial charge in [-0.15, -0.1) is 0 Å². The molecule has 2 nitrogen and oxygen atoms in total. The number of allylic oxidation sites excluding steroid dienone is 1. The molecule has 0 bridgehead atoms. The summed E-state index contributed by atoms with van der Waals surface area (Å²) < 4.78 is 0. The Hall–Kier alpha value is -0.860. The van der Waals surface area contributed by atoms with E-state index < -0.39 is 5.24 Å². The van der Waals surface area contributed by atoms with Gasteiger partial charge in [0.1, 0.15) is 5.15 Å². The van der Waals surface area contributed by atoms with Crippen LogP contribution in [0.25, 0.3) is 5.57 Å². The highest BCUT2D eigenvalue weighted by Crippen LogP contribution is 2.15. The number of hydrogen-bond acceptors (Lipinski definition) is 2. The van der Waals surface area contributed by atoms with Gasteiger partial charge in [-0.1, -0.05) is 18.2 Å². The van der Waals surface area contributed by atoms with Crippen LogP contribution in [0.1, 0.15) is 5.56 Å². The molecule has 62 valence electrons. The van der Waals surface area contributed by atoms with E-state index in [9.17, 15) is 4.79 Å². The van der Waals surface area contributed by atoms with E-state index >= 15 is 0 Å². The Bertz CT molecular complexity index is 318. The summed E-state index contributed by atoms with van der Waals surface area (Å²) in [4.78, 5) is 14.4. The molecule has 1 heterocycles. The molecule has 0 saturated carbocycles. The number of pyridine rings is 1. The number of rotatable bonds is 2. The minimum atomic E-state index is -0.584. The summed E-state index contributed by atoms with van der Waals surface area (Å²) in [7, 11) is 0. The Labute approximate surface area is 79.8 Å². The van der Waals surface area contributed by atoms with E-state index in [0.717, 1.165) is 0 Å². The van der Waals surface area contributed by atoms with Gasteiger partial charge in [0.15, 0.2) is 0 Å². The van der Waals surface area contributed by atoms with Crippen LogP contribution in [0.3, 0.4) is 0 Å². The van der Waals surface area contributed by atoms with Gasteiger partial charge >= 0.3 is 0 Å². The Kier molecular flexibility index (Phi) is 2.84. The molecular weight excluding hydrogens is 197 g/mol. The lowest BCUT2D eigenvalue weighted by molar-refractivity contribution is -0.106. The van der Waals surface area contributed by atoms with E-state index in [1.807, 2.05) is 0 Å². The van der Waals surface area contributed by atoms with Gasteiger partial charge in [-0.2, -0.15) is 0 Å². The summed E-state index contributed by atoms with van der Waals surface area (Å²) in [5.41, 5.74) is 0.806. The molecule has 4 heteroatoms. The number of halogens is 2. The van der Waals surface area contributed by atoms with Crippen molar-refractivity contribution in [1.82, 2.24) is 4.98 Å². The fourth-order valence-electron chi connectivity index (χ4n) is 0.668. The van der Waals surface area contributed by atoms with Gasteiger partial charge in [0.25, 0.3) is 5.24 Å². The first kappa shape index (κ1) is 9.23. The molecule has 1 aromatic heterocycles. The second kappa shape index (κ2) is 3.70. The summed E-state index contributed by atoms with van der Waals surface area (Å²) in [5, 5.41) is -0.215. The summed E-state index contributed by atoms with van der Waals surface area (Å²) in [6.07, 6.45) is 1.45. The molecule has 0 radical (unpaired) electrons. The maximum Gasteiger partial charge on any atom is 0.252 e. The van der Waals surface area contributed by atoms with Crippen LogP contribution in [-0.4, -0.2) is 10.2 Å². The van der Waals surface area contributed by atoms with Gasteiger partial charge in [-0.05, 0) is 23.7 Å². The van der Waals surface area contributed by atoms with Gasteiger partial charge in [0.2, 0.25) is 0 Å². The van der Waals surface area contributed by atoms with E-state index in [2.05, 4.69) is 11.6 Å². The predicted octanol–water partition coefficient (Wildman–Crippen LogP) is 2.51. The lowest BCUT2D eigenvalue weighted by atomic mass is 10.1. The molecule has 0 aliphatic rings. The van der Waals surface area contributed by atoms with Crippen LogP contribution in [-0.2, 0) is 4.79 Å². The maximum absolute atomic E-state index is 10.6. The SMILES string of the molecule is C=C(C(=O)Cl)c1ccc(Cl)nc1. The number of carbonyl (C=O) groups excluding carboxylic acids is 1. The number of aromatic nitrogens is 1. The minimum Gasteiger partial charge on any atom is -0.276 e. The Morgan fingerprint density at radius 1 is 1.50 bits per heavy atom. The van der Waals surface area contributed by atoms with Crippen LogP contribution in [0.15, 0.2) is 24.9 Å². The van der Waals surface area contributed by atoms with Crippen LogP contribution in [0.5, 0.6) is 0 Å². The van der Waals surface area contributed by atoms with Crippen molar-refractivity contribution >= 4 is 34.0 Å². The van der Waals surface area contributed by atoms with Crippen LogP contribution >= 0.6 is 23.2 Å². The average Bonchev–Trinajstić information content (AvgIpc) is 2.04. The lowest BCUT2D eigenvalue weighted by Crippen LogP contribution is -1.91. The average molecular weight is 202 g/mol. The van der Waals surface area contributed by atoms with E-state index in [1.54, 1.807) is 12.1 Å². The highest BCUT2D eigenvalue weighted by atomic mass is 35.5. The van der Waals surface area contributed by atoms with E-state index in [1.165, 1.54) is 6.20 Å². The predicted molar refractivity (Wildman–Crippen MR) is 49.1 cm³/mol. The van der Waals surface area contributed by atoms with Gasteiger partial charge in [0.05, 0.1) is 0 Å². The van der Waals surface area contributed by atoms with Crippen molar-refractivity contribution in [1.29, 1.82) is 0 Å². The van der Waals surface area contributed by atoms with Crippen molar-refractivity contribution in [3.8, 4) is 0 Å². The molecule has 0 amide bonds. The maximum atomic E-state index is 10.6. The number of nitrogens with zero attached hydrogens (tertiary/aromatic N) is 1. The van der Waals surface area contributed by atoms with Crippen molar-refractivity contribution in [2.24, 2.45) is 0 Å². The fourth-order valence-corrected chi connectivity index (χ4v) is 0.889. The van der Waals surface area contributed by atoms with Crippen molar-refractivity contribution in [2.75, 3.05) is 0 Å². The quantitative estimate of drug-likeness (QED) is 0.419. The molecule has 0 aliphatic heterocycles. The molecule has 1 aromatic rings. The third-order valence-corrected chi connectivity index (χ3v) is 1.76. The Balaban J connectivity index is 2.98. The molecule has 0 spiro atoms. The molecule has 0 atom stereocenters. The van der Waals surface area contributed by atoms with Crippen LogP contribution in [0.2, 0.25) is 5.15 Å². The van der Waals surface area contributed by atoms with Gasteiger partial charge < -0.3 is 0 Å². The molecular formula is C8H5Cl2NO. The number of carbonyl (C=O) groups is 1. The largest absolute Gasteiger partial charge is 0.276 e. The third kappa shape index (κ3) is 2.06. The van der Waals surface area contributed by atoms with Crippen molar-refractivity contribution in [3.05, 3.63) is 35.6 Å². The topological polar surface area (TPSA) is 30.0 Å². The van der Waals surface area contributed by atoms with E-state index in [-0.39, 0.29) is 5.57 Å². The van der Waals surface area contributed by atoms with Crippen LogP contribution in [0, 0.1) is 0 Å². The molecule has 0 aromatic carbocycles. The van der Waals surface area contributed by atoms with Gasteiger partial charge in [-0.25, -0.2) is 4.98 Å². The molecule has 12 heavy (non-hydrogen) atoms. The molecule has 0 fully saturated rings. The fraction of sp³-hybridized carbons (Fsp3) is 0. The standard InChI is InChI=1S/C8H5Cl2NO/c1-5(8(10)12)6-2-3-7(9)11-4-6/h2-4H,1H2. The molecule has 0 aliphatic carbocycles. The van der Waals surface area contributed by atoms with Crippen molar-refractivity contribution in [2.45, 2.75) is 0 Å². The molecule has 0 saturated heterocycles. The summed E-state index contributed by atoms with van der Waals surface area (Å²) in [6.45, 7) is 3.49. The zero-order chi connectivity index (χ0) is 9.14. The molecule has 0 N–H and O–H groups in total. The lowest BCUT2D eigenvalue weighted by Gasteiger charge is -1.98. The Morgan fingerprint density at radius 3 is 2.58 bits per heavy atom. The first-order valence-corrected chi connectivity index (χ1v) is 3.87. The minimum absolute atomic E-state index is 0.223. The van der Waals surface area contributed by atoms with Crippen molar-refractivity contribution in [3.63, 3.8) is 0 Å². The second-order valence-corrected chi connectivity index (χ2v) is 2.85.